The third-order valence-electron chi connectivity index (χ3n) is 1.32. The topological polar surface area (TPSA) is 92.7 Å². The Morgan fingerprint density at radius 2 is 2.00 bits per heavy atom. The molecule has 0 atom stereocenters. The van der Waals surface area contributed by atoms with Crippen molar-refractivity contribution in [2.75, 3.05) is 13.2 Å². The second-order valence-electron chi connectivity index (χ2n) is 2.84. The van der Waals surface area contributed by atoms with E-state index in [2.05, 4.69) is 16.6 Å². The van der Waals surface area contributed by atoms with E-state index in [1.54, 1.807) is 0 Å². The number of carbonyl (C=O) groups excluding carboxylic acids is 2. The predicted octanol–water partition coefficient (Wildman–Crippen LogP) is -0.303. The van der Waals surface area contributed by atoms with Gasteiger partial charge in [0.05, 0.1) is 6.54 Å². The van der Waals surface area contributed by atoms with Gasteiger partial charge in [0, 0.05) is 5.57 Å². The fourth-order valence-electron chi connectivity index (χ4n) is 0.657. The average Bonchev–Trinajstić information content (AvgIpc) is 2.10. The molecule has 0 aromatic rings. The SMILES string of the molecule is C=C(C)C(=O)OCCNC(=O)CC(=O)O. The zero-order valence-electron chi connectivity index (χ0n) is 8.41. The van der Waals surface area contributed by atoms with Gasteiger partial charge in [-0.3, -0.25) is 9.59 Å². The van der Waals surface area contributed by atoms with Gasteiger partial charge < -0.3 is 15.2 Å². The third-order valence-corrected chi connectivity index (χ3v) is 1.32. The zero-order chi connectivity index (χ0) is 11.8. The number of esters is 1. The lowest BCUT2D eigenvalue weighted by Crippen LogP contribution is -2.29. The van der Waals surface area contributed by atoms with Crippen LogP contribution >= 0.6 is 0 Å². The lowest BCUT2D eigenvalue weighted by molar-refractivity contribution is -0.142. The molecule has 6 nitrogen and oxygen atoms in total. The number of hydrogen-bond donors (Lipinski definition) is 2. The molecular formula is C9H13NO5. The van der Waals surface area contributed by atoms with E-state index in [0.29, 0.717) is 0 Å². The van der Waals surface area contributed by atoms with Gasteiger partial charge in [-0.1, -0.05) is 6.58 Å². The predicted molar refractivity (Wildman–Crippen MR) is 51.0 cm³/mol. The minimum Gasteiger partial charge on any atom is -0.481 e. The van der Waals surface area contributed by atoms with Crippen molar-refractivity contribution < 1.29 is 24.2 Å². The molecule has 0 rings (SSSR count). The first-order valence-electron chi connectivity index (χ1n) is 4.24. The Labute approximate surface area is 86.9 Å². The van der Waals surface area contributed by atoms with Crippen LogP contribution in [0, 0.1) is 0 Å². The fourth-order valence-corrected chi connectivity index (χ4v) is 0.657. The molecule has 0 bridgehead atoms. The molecule has 1 amide bonds. The molecule has 0 heterocycles. The van der Waals surface area contributed by atoms with Crippen molar-refractivity contribution in [2.24, 2.45) is 0 Å². The minimum absolute atomic E-state index is 0.00292. The molecule has 0 fully saturated rings. The highest BCUT2D eigenvalue weighted by molar-refractivity contribution is 5.93. The normalized spacial score (nSPS) is 9.13. The molecule has 0 aromatic heterocycles. The highest BCUT2D eigenvalue weighted by Gasteiger charge is 2.07. The summed E-state index contributed by atoms with van der Waals surface area (Å²) in [6.07, 6.45) is -0.589. The van der Waals surface area contributed by atoms with Gasteiger partial charge in [-0.25, -0.2) is 4.79 Å². The van der Waals surface area contributed by atoms with Gasteiger partial charge in [-0.05, 0) is 6.92 Å². The number of carboxylic acids is 1. The molecule has 6 heteroatoms. The molecule has 0 spiro atoms. The Morgan fingerprint density at radius 1 is 1.40 bits per heavy atom. The van der Waals surface area contributed by atoms with Gasteiger partial charge in [0.25, 0.3) is 0 Å². The lowest BCUT2D eigenvalue weighted by atomic mass is 10.4. The quantitative estimate of drug-likeness (QED) is 0.274. The third kappa shape index (κ3) is 7.24. The van der Waals surface area contributed by atoms with Crippen molar-refractivity contribution in [3.8, 4) is 0 Å². The Balaban J connectivity index is 3.55. The Kier molecular flexibility index (Phi) is 5.77. The molecule has 0 aliphatic rings. The molecular weight excluding hydrogens is 202 g/mol. The van der Waals surface area contributed by atoms with Gasteiger partial charge in [-0.2, -0.15) is 0 Å². The molecule has 0 aliphatic heterocycles. The van der Waals surface area contributed by atoms with E-state index in [-0.39, 0.29) is 18.7 Å². The molecule has 0 aromatic carbocycles. The Bertz CT molecular complexity index is 284. The molecule has 0 unspecified atom stereocenters. The monoisotopic (exact) mass is 215 g/mol. The van der Waals surface area contributed by atoms with Crippen LogP contribution in [0.4, 0.5) is 0 Å². The number of ether oxygens (including phenoxy) is 1. The number of nitrogens with one attached hydrogen (secondary N) is 1. The van der Waals surface area contributed by atoms with E-state index >= 15 is 0 Å². The lowest BCUT2D eigenvalue weighted by Gasteiger charge is -2.05. The standard InChI is InChI=1S/C9H13NO5/c1-6(2)9(14)15-4-3-10-7(11)5-8(12)13/h1,3-5H2,2H3,(H,10,11)(H,12,13). The van der Waals surface area contributed by atoms with Crippen molar-refractivity contribution >= 4 is 17.8 Å². The highest BCUT2D eigenvalue weighted by atomic mass is 16.5. The maximum Gasteiger partial charge on any atom is 0.333 e. The van der Waals surface area contributed by atoms with Crippen LogP contribution in [-0.2, 0) is 19.1 Å². The maximum absolute atomic E-state index is 10.8. The van der Waals surface area contributed by atoms with Gasteiger partial charge in [0.2, 0.25) is 5.91 Å². The molecule has 0 saturated carbocycles. The summed E-state index contributed by atoms with van der Waals surface area (Å²) in [5, 5.41) is 10.5. The highest BCUT2D eigenvalue weighted by Crippen LogP contribution is 1.90. The van der Waals surface area contributed by atoms with Crippen LogP contribution in [0.25, 0.3) is 0 Å². The zero-order valence-corrected chi connectivity index (χ0v) is 8.41. The van der Waals surface area contributed by atoms with Crippen molar-refractivity contribution in [1.82, 2.24) is 5.32 Å². The number of hydrogen-bond acceptors (Lipinski definition) is 4. The summed E-state index contributed by atoms with van der Waals surface area (Å²) in [5.41, 5.74) is 0.270. The van der Waals surface area contributed by atoms with Crippen molar-refractivity contribution in [3.05, 3.63) is 12.2 Å². The summed E-state index contributed by atoms with van der Waals surface area (Å²) in [6, 6.07) is 0. The summed E-state index contributed by atoms with van der Waals surface area (Å²) in [7, 11) is 0. The van der Waals surface area contributed by atoms with E-state index in [4.69, 9.17) is 5.11 Å². The van der Waals surface area contributed by atoms with E-state index in [1.165, 1.54) is 6.92 Å². The van der Waals surface area contributed by atoms with E-state index in [0.717, 1.165) is 0 Å². The van der Waals surface area contributed by atoms with Crippen LogP contribution in [0.1, 0.15) is 13.3 Å². The van der Waals surface area contributed by atoms with Gasteiger partial charge >= 0.3 is 11.9 Å². The largest absolute Gasteiger partial charge is 0.481 e. The number of rotatable bonds is 6. The molecule has 2 N–H and O–H groups in total. The van der Waals surface area contributed by atoms with Crippen LogP contribution in [0.5, 0.6) is 0 Å². The number of aliphatic carboxylic acids is 1. The molecule has 15 heavy (non-hydrogen) atoms. The van der Waals surface area contributed by atoms with Gasteiger partial charge in [0.1, 0.15) is 13.0 Å². The maximum atomic E-state index is 10.8. The first-order chi connectivity index (χ1) is 6.93. The molecule has 84 valence electrons. The fraction of sp³-hybridized carbons (Fsp3) is 0.444. The average molecular weight is 215 g/mol. The Morgan fingerprint density at radius 3 is 2.47 bits per heavy atom. The molecule has 0 saturated heterocycles. The van der Waals surface area contributed by atoms with Crippen molar-refractivity contribution in [1.29, 1.82) is 0 Å². The van der Waals surface area contributed by atoms with E-state index in [9.17, 15) is 14.4 Å². The van der Waals surface area contributed by atoms with Gasteiger partial charge in [-0.15, -0.1) is 0 Å². The number of carbonyl (C=O) groups is 3. The summed E-state index contributed by atoms with van der Waals surface area (Å²) in [5.74, 6) is -2.36. The summed E-state index contributed by atoms with van der Waals surface area (Å²) in [4.78, 5) is 31.7. The van der Waals surface area contributed by atoms with Gasteiger partial charge in [0.15, 0.2) is 0 Å². The molecule has 0 radical (unpaired) electrons. The first kappa shape index (κ1) is 13.2. The first-order valence-corrected chi connectivity index (χ1v) is 4.24. The van der Waals surface area contributed by atoms with Crippen LogP contribution in [0.3, 0.4) is 0 Å². The van der Waals surface area contributed by atoms with E-state index < -0.39 is 24.3 Å². The number of amides is 1. The van der Waals surface area contributed by atoms with E-state index in [1.807, 2.05) is 0 Å². The summed E-state index contributed by atoms with van der Waals surface area (Å²) >= 11 is 0. The van der Waals surface area contributed by atoms with Crippen molar-refractivity contribution in [2.45, 2.75) is 13.3 Å². The minimum atomic E-state index is -1.20. The van der Waals surface area contributed by atoms with Crippen LogP contribution in [-0.4, -0.2) is 36.1 Å². The summed E-state index contributed by atoms with van der Waals surface area (Å²) < 4.78 is 4.66. The van der Waals surface area contributed by atoms with Crippen LogP contribution in [0.2, 0.25) is 0 Å². The van der Waals surface area contributed by atoms with Crippen molar-refractivity contribution in [3.63, 3.8) is 0 Å². The second kappa shape index (κ2) is 6.58. The molecule has 0 aliphatic carbocycles. The summed E-state index contributed by atoms with van der Waals surface area (Å²) in [6.45, 7) is 4.96. The van der Waals surface area contributed by atoms with Crippen LogP contribution in [0.15, 0.2) is 12.2 Å². The Hall–Kier alpha value is -1.85. The smallest absolute Gasteiger partial charge is 0.333 e. The van der Waals surface area contributed by atoms with Crippen LogP contribution < -0.4 is 5.32 Å². The second-order valence-corrected chi connectivity index (χ2v) is 2.84. The number of carboxylic acid groups (broad SMARTS) is 1.